The second kappa shape index (κ2) is 11.6. The van der Waals surface area contributed by atoms with Crippen LogP contribution in [-0.4, -0.2) is 82.7 Å². The van der Waals surface area contributed by atoms with Gasteiger partial charge >= 0.3 is 5.97 Å². The first-order chi connectivity index (χ1) is 17.8. The molecule has 5 N–H and O–H groups in total. The molecular formula is C26H31FN4O7. The Balaban J connectivity index is 1.73. The van der Waals surface area contributed by atoms with Gasteiger partial charge in [-0.1, -0.05) is 0 Å². The molecule has 3 rings (SSSR count). The number of carboxylic acid groups (broad SMARTS) is 1. The van der Waals surface area contributed by atoms with E-state index in [9.17, 15) is 33.8 Å². The molecule has 3 amide bonds. The number of carbonyl (C=O) groups is 4. The predicted octanol–water partition coefficient (Wildman–Crippen LogP) is 1.69. The maximum atomic E-state index is 13.8. The zero-order valence-corrected chi connectivity index (χ0v) is 21.7. The third-order valence-corrected chi connectivity index (χ3v) is 6.50. The number of aliphatic carboxylic acids is 1. The number of halogens is 1. The summed E-state index contributed by atoms with van der Waals surface area (Å²) in [5.41, 5.74) is 3.13. The molecule has 12 heteroatoms. The maximum absolute atomic E-state index is 13.8. The van der Waals surface area contributed by atoms with Gasteiger partial charge in [-0.2, -0.15) is 0 Å². The molecule has 0 spiro atoms. The third-order valence-electron chi connectivity index (χ3n) is 6.50. The Hall–Kier alpha value is -4.03. The van der Waals surface area contributed by atoms with Crippen molar-refractivity contribution >= 4 is 41.0 Å². The molecule has 11 nitrogen and oxygen atoms in total. The predicted molar refractivity (Wildman–Crippen MR) is 137 cm³/mol. The van der Waals surface area contributed by atoms with Crippen LogP contribution in [0.2, 0.25) is 0 Å². The molecule has 0 fully saturated rings. The first-order valence-electron chi connectivity index (χ1n) is 11.8. The number of amides is 3. The van der Waals surface area contributed by atoms with Gasteiger partial charge in [0.15, 0.2) is 6.04 Å². The van der Waals surface area contributed by atoms with Gasteiger partial charge < -0.3 is 35.5 Å². The number of aromatic nitrogens is 1. The van der Waals surface area contributed by atoms with Crippen LogP contribution in [0.15, 0.2) is 18.2 Å². The molecule has 1 aromatic heterocycles. The number of nitrogens with one attached hydrogen (secondary N) is 3. The number of H-pyrrole nitrogens is 1. The maximum Gasteiger partial charge on any atom is 0.329 e. The van der Waals surface area contributed by atoms with E-state index in [1.165, 1.54) is 39.3 Å². The average molecular weight is 531 g/mol. The highest BCUT2D eigenvalue weighted by Gasteiger charge is 2.32. The number of carbonyl (C=O) groups excluding carboxylic acids is 3. The lowest BCUT2D eigenvalue weighted by molar-refractivity contribution is -0.154. The minimum atomic E-state index is -1.42. The van der Waals surface area contributed by atoms with Crippen molar-refractivity contribution < 1.29 is 38.5 Å². The molecule has 1 aromatic carbocycles. The lowest BCUT2D eigenvalue weighted by Gasteiger charge is -2.28. The highest BCUT2D eigenvalue weighted by atomic mass is 19.1. The SMILES string of the molecule is COC(CNC(=O)c1c(C)[nH]c(/C=C2\C(=O)Nc3ccc(F)cc32)c1C)CC(=O)N(C)C(C(=O)O)C(C)O. The van der Waals surface area contributed by atoms with Crippen molar-refractivity contribution in [1.82, 2.24) is 15.2 Å². The van der Waals surface area contributed by atoms with E-state index >= 15 is 0 Å². The van der Waals surface area contributed by atoms with Crippen molar-refractivity contribution in [3.05, 3.63) is 52.1 Å². The number of aromatic amines is 1. The number of anilines is 1. The second-order valence-corrected chi connectivity index (χ2v) is 9.17. The van der Waals surface area contributed by atoms with E-state index in [1.807, 2.05) is 0 Å². The van der Waals surface area contributed by atoms with Crippen molar-refractivity contribution in [3.63, 3.8) is 0 Å². The summed E-state index contributed by atoms with van der Waals surface area (Å²) >= 11 is 0. The number of methoxy groups -OCH3 is 1. The molecular weight excluding hydrogens is 499 g/mol. The normalized spacial score (nSPS) is 16.0. The Morgan fingerprint density at radius 1 is 1.26 bits per heavy atom. The number of aliphatic hydroxyl groups is 1. The molecule has 38 heavy (non-hydrogen) atoms. The summed E-state index contributed by atoms with van der Waals surface area (Å²) in [5, 5.41) is 24.4. The van der Waals surface area contributed by atoms with Gasteiger partial charge in [-0.05, 0) is 50.6 Å². The summed E-state index contributed by atoms with van der Waals surface area (Å²) in [7, 11) is 2.64. The summed E-state index contributed by atoms with van der Waals surface area (Å²) in [5.74, 6) is -3.23. The van der Waals surface area contributed by atoms with Gasteiger partial charge in [0.2, 0.25) is 5.91 Å². The standard InChI is InChI=1S/C26H31FN4O7/c1-12-20(10-18-17-8-15(27)6-7-19(17)30-24(18)34)29-13(2)22(12)25(35)28-11-16(38-5)9-21(33)31(4)23(14(3)32)26(36)37/h6-8,10,14,16,23,29,32H,9,11H2,1-5H3,(H,28,35)(H,30,34)(H,36,37)/b18-10-. The van der Waals surface area contributed by atoms with Gasteiger partial charge in [-0.25, -0.2) is 9.18 Å². The molecule has 0 aliphatic carbocycles. The fourth-order valence-corrected chi connectivity index (χ4v) is 4.43. The van der Waals surface area contributed by atoms with Crippen LogP contribution in [0.1, 0.15) is 46.2 Å². The minimum absolute atomic E-state index is 0.0448. The largest absolute Gasteiger partial charge is 0.480 e. The molecule has 204 valence electrons. The van der Waals surface area contributed by atoms with Gasteiger partial charge in [0.05, 0.1) is 29.8 Å². The molecule has 3 unspecified atom stereocenters. The monoisotopic (exact) mass is 530 g/mol. The van der Waals surface area contributed by atoms with Crippen molar-refractivity contribution in [2.75, 3.05) is 26.0 Å². The number of benzene rings is 1. The van der Waals surface area contributed by atoms with E-state index in [-0.39, 0.29) is 24.4 Å². The molecule has 0 radical (unpaired) electrons. The molecule has 2 heterocycles. The molecule has 1 aliphatic rings. The van der Waals surface area contributed by atoms with Crippen LogP contribution in [0, 0.1) is 19.7 Å². The highest BCUT2D eigenvalue weighted by molar-refractivity contribution is 6.34. The van der Waals surface area contributed by atoms with E-state index in [4.69, 9.17) is 4.74 Å². The minimum Gasteiger partial charge on any atom is -0.480 e. The Bertz CT molecular complexity index is 1300. The molecule has 3 atom stereocenters. The summed E-state index contributed by atoms with van der Waals surface area (Å²) in [4.78, 5) is 53.5. The number of fused-ring (bicyclic) bond motifs is 1. The van der Waals surface area contributed by atoms with Crippen molar-refractivity contribution in [2.45, 2.75) is 45.4 Å². The fourth-order valence-electron chi connectivity index (χ4n) is 4.43. The Morgan fingerprint density at radius 2 is 1.95 bits per heavy atom. The Kier molecular flexibility index (Phi) is 8.69. The molecule has 0 saturated heterocycles. The summed E-state index contributed by atoms with van der Waals surface area (Å²) < 4.78 is 19.1. The van der Waals surface area contributed by atoms with Gasteiger partial charge in [0.1, 0.15) is 5.82 Å². The summed E-state index contributed by atoms with van der Waals surface area (Å²) in [6, 6.07) is 2.58. The van der Waals surface area contributed by atoms with Gasteiger partial charge in [0, 0.05) is 43.3 Å². The smallest absolute Gasteiger partial charge is 0.329 e. The van der Waals surface area contributed by atoms with E-state index in [1.54, 1.807) is 19.9 Å². The van der Waals surface area contributed by atoms with Gasteiger partial charge in [-0.15, -0.1) is 0 Å². The number of hydrogen-bond donors (Lipinski definition) is 5. The fraction of sp³-hybridized carbons (Fsp3) is 0.385. The number of likely N-dealkylation sites (N-methyl/N-ethyl adjacent to an activating group) is 1. The first-order valence-corrected chi connectivity index (χ1v) is 11.8. The van der Waals surface area contributed by atoms with Gasteiger partial charge in [-0.3, -0.25) is 14.4 Å². The lowest BCUT2D eigenvalue weighted by atomic mass is 10.0. The van der Waals surface area contributed by atoms with E-state index in [0.717, 1.165) is 4.90 Å². The van der Waals surface area contributed by atoms with E-state index in [0.29, 0.717) is 33.8 Å². The second-order valence-electron chi connectivity index (χ2n) is 9.17. The quantitative estimate of drug-likeness (QED) is 0.292. The Morgan fingerprint density at radius 3 is 2.55 bits per heavy atom. The zero-order valence-electron chi connectivity index (χ0n) is 21.7. The number of hydrogen-bond acceptors (Lipinski definition) is 6. The van der Waals surface area contributed by atoms with Crippen molar-refractivity contribution in [2.24, 2.45) is 0 Å². The zero-order chi connectivity index (χ0) is 28.3. The number of aliphatic hydroxyl groups excluding tert-OH is 1. The van der Waals surface area contributed by atoms with Crippen LogP contribution in [-0.2, 0) is 19.1 Å². The van der Waals surface area contributed by atoms with Crippen molar-refractivity contribution in [3.8, 4) is 0 Å². The molecule has 1 aliphatic heterocycles. The summed E-state index contributed by atoms with van der Waals surface area (Å²) in [6.07, 6.45) is -0.703. The van der Waals surface area contributed by atoms with Crippen LogP contribution in [0.4, 0.5) is 10.1 Å². The third kappa shape index (κ3) is 5.92. The van der Waals surface area contributed by atoms with Crippen LogP contribution < -0.4 is 10.6 Å². The molecule has 0 saturated carbocycles. The number of aryl methyl sites for hydroxylation is 1. The highest BCUT2D eigenvalue weighted by Crippen LogP contribution is 2.34. The number of rotatable bonds is 10. The van der Waals surface area contributed by atoms with Crippen molar-refractivity contribution in [1.29, 1.82) is 0 Å². The van der Waals surface area contributed by atoms with Gasteiger partial charge in [0.25, 0.3) is 11.8 Å². The van der Waals surface area contributed by atoms with Crippen LogP contribution in [0.25, 0.3) is 11.6 Å². The molecule has 2 aromatic rings. The van der Waals surface area contributed by atoms with E-state index in [2.05, 4.69) is 15.6 Å². The summed E-state index contributed by atoms with van der Waals surface area (Å²) in [6.45, 7) is 4.63. The number of nitrogens with zero attached hydrogens (tertiary/aromatic N) is 1. The van der Waals surface area contributed by atoms with Crippen LogP contribution >= 0.6 is 0 Å². The van der Waals surface area contributed by atoms with Crippen LogP contribution in [0.5, 0.6) is 0 Å². The molecule has 0 bridgehead atoms. The number of carboxylic acids is 1. The van der Waals surface area contributed by atoms with E-state index < -0.39 is 41.9 Å². The first kappa shape index (κ1) is 28.5. The van der Waals surface area contributed by atoms with Crippen LogP contribution in [0.3, 0.4) is 0 Å². The number of ether oxygens (including phenoxy) is 1. The Labute approximate surface area is 218 Å². The lowest BCUT2D eigenvalue weighted by Crippen LogP contribution is -2.50. The average Bonchev–Trinajstić information content (AvgIpc) is 3.30. The topological polar surface area (TPSA) is 161 Å².